The fourth-order valence-corrected chi connectivity index (χ4v) is 2.83. The van der Waals surface area contributed by atoms with Crippen LogP contribution in [0, 0.1) is 0 Å². The quantitative estimate of drug-likeness (QED) is 0.691. The summed E-state index contributed by atoms with van der Waals surface area (Å²) in [5.41, 5.74) is 9.49. The number of ether oxygens (including phenoxy) is 2. The maximum atomic E-state index is 11.9. The summed E-state index contributed by atoms with van der Waals surface area (Å²) in [5, 5.41) is 2.15. The van der Waals surface area contributed by atoms with Gasteiger partial charge in [0.1, 0.15) is 6.04 Å². The monoisotopic (exact) mass is 308 g/mol. The molecule has 2 heterocycles. The number of methoxy groups -OCH3 is 2. The van der Waals surface area contributed by atoms with E-state index in [1.165, 1.54) is 0 Å². The molecule has 1 aromatic rings. The van der Waals surface area contributed by atoms with Gasteiger partial charge in [-0.15, -0.1) is 0 Å². The number of carbonyl (C=O) groups is 1. The number of rotatable bonds is 3. The Balaban J connectivity index is 1.85. The van der Waals surface area contributed by atoms with E-state index in [-0.39, 0.29) is 18.0 Å². The average molecular weight is 308 g/mol. The van der Waals surface area contributed by atoms with Gasteiger partial charge in [-0.3, -0.25) is 20.7 Å². The smallest absolute Gasteiger partial charge is 0.262 e. The van der Waals surface area contributed by atoms with Crippen LogP contribution in [0.1, 0.15) is 18.0 Å². The highest BCUT2D eigenvalue weighted by atomic mass is 32.1. The molecule has 1 aromatic carbocycles. The molecule has 2 aliphatic heterocycles. The number of hydrogen-bond acceptors (Lipinski definition) is 5. The van der Waals surface area contributed by atoms with Gasteiger partial charge < -0.3 is 9.47 Å². The molecule has 0 aliphatic carbocycles. The van der Waals surface area contributed by atoms with E-state index in [4.69, 9.17) is 21.7 Å². The summed E-state index contributed by atoms with van der Waals surface area (Å²) in [6.45, 7) is 0. The molecule has 8 heteroatoms. The van der Waals surface area contributed by atoms with Gasteiger partial charge in [-0.25, -0.2) is 5.43 Å². The summed E-state index contributed by atoms with van der Waals surface area (Å²) in [7, 11) is 3.19. The molecule has 1 amide bonds. The number of nitrogens with zero attached hydrogens (tertiary/aromatic N) is 1. The SMILES string of the molecule is COc1ccc(C2CC3C(=O)NNC(=S)N3N2)cc1OC. The summed E-state index contributed by atoms with van der Waals surface area (Å²) in [6, 6.07) is 5.38. The van der Waals surface area contributed by atoms with Crippen LogP contribution in [0.5, 0.6) is 11.5 Å². The van der Waals surface area contributed by atoms with Crippen molar-refractivity contribution in [3.8, 4) is 11.5 Å². The van der Waals surface area contributed by atoms with E-state index in [9.17, 15) is 4.79 Å². The Hall–Kier alpha value is -2.06. The molecular weight excluding hydrogens is 292 g/mol. The van der Waals surface area contributed by atoms with E-state index in [0.29, 0.717) is 23.0 Å². The highest BCUT2D eigenvalue weighted by Gasteiger charge is 2.41. The van der Waals surface area contributed by atoms with Crippen LogP contribution < -0.4 is 25.8 Å². The minimum Gasteiger partial charge on any atom is -0.493 e. The number of hydrazine groups is 2. The molecule has 0 radical (unpaired) electrons. The second kappa shape index (κ2) is 5.38. The number of benzene rings is 1. The van der Waals surface area contributed by atoms with Crippen LogP contribution in [-0.4, -0.2) is 36.3 Å². The van der Waals surface area contributed by atoms with Gasteiger partial charge >= 0.3 is 0 Å². The Morgan fingerprint density at radius 2 is 2.00 bits per heavy atom. The molecule has 0 saturated carbocycles. The number of amides is 1. The third-order valence-corrected chi connectivity index (χ3v) is 3.99. The fourth-order valence-electron chi connectivity index (χ4n) is 2.60. The van der Waals surface area contributed by atoms with Crippen LogP contribution >= 0.6 is 12.2 Å². The van der Waals surface area contributed by atoms with E-state index in [1.807, 2.05) is 18.2 Å². The third-order valence-electron chi connectivity index (χ3n) is 3.69. The number of hydrogen-bond donors (Lipinski definition) is 3. The van der Waals surface area contributed by atoms with Gasteiger partial charge in [-0.1, -0.05) is 6.07 Å². The first-order valence-corrected chi connectivity index (χ1v) is 6.92. The lowest BCUT2D eigenvalue weighted by molar-refractivity contribution is -0.126. The van der Waals surface area contributed by atoms with Crippen LogP contribution in [0.25, 0.3) is 0 Å². The summed E-state index contributed by atoms with van der Waals surface area (Å²) in [5.74, 6) is 1.23. The number of thiocarbonyl (C=S) groups is 1. The topological polar surface area (TPSA) is 74.9 Å². The van der Waals surface area contributed by atoms with E-state index in [1.54, 1.807) is 19.2 Å². The van der Waals surface area contributed by atoms with Crippen molar-refractivity contribution < 1.29 is 14.3 Å². The van der Waals surface area contributed by atoms with Crippen molar-refractivity contribution in [1.82, 2.24) is 21.3 Å². The van der Waals surface area contributed by atoms with Gasteiger partial charge in [0.15, 0.2) is 11.5 Å². The van der Waals surface area contributed by atoms with Crippen LogP contribution in [-0.2, 0) is 4.79 Å². The van der Waals surface area contributed by atoms with Crippen molar-refractivity contribution in [1.29, 1.82) is 0 Å². The summed E-state index contributed by atoms with van der Waals surface area (Å²) >= 11 is 5.18. The predicted octanol–water partition coefficient (Wildman–Crippen LogP) is 0.243. The molecule has 0 bridgehead atoms. The van der Waals surface area contributed by atoms with Crippen LogP contribution in [0.3, 0.4) is 0 Å². The normalized spacial score (nSPS) is 24.2. The number of nitrogens with one attached hydrogen (secondary N) is 3. The molecule has 2 aliphatic rings. The van der Waals surface area contributed by atoms with E-state index < -0.39 is 0 Å². The standard InChI is InChI=1S/C13H16N4O3S/c1-19-10-4-3-7(5-11(10)20-2)8-6-9-12(18)14-15-13(21)17(9)16-8/h3-5,8-9,16H,6H2,1-2H3,(H,14,18)(H,15,21). The number of carbonyl (C=O) groups excluding carboxylic acids is 1. The van der Waals surface area contributed by atoms with Crippen molar-refractivity contribution in [3.05, 3.63) is 23.8 Å². The van der Waals surface area contributed by atoms with Crippen molar-refractivity contribution in [3.63, 3.8) is 0 Å². The summed E-state index contributed by atoms with van der Waals surface area (Å²) in [6.07, 6.45) is 0.628. The fraction of sp³-hybridized carbons (Fsp3) is 0.385. The predicted molar refractivity (Wildman–Crippen MR) is 79.5 cm³/mol. The second-order valence-electron chi connectivity index (χ2n) is 4.84. The minimum absolute atomic E-state index is 0.0154. The van der Waals surface area contributed by atoms with Crippen molar-refractivity contribution in [2.45, 2.75) is 18.5 Å². The van der Waals surface area contributed by atoms with Crippen LogP contribution in [0.2, 0.25) is 0 Å². The zero-order chi connectivity index (χ0) is 15.0. The first-order valence-electron chi connectivity index (χ1n) is 6.51. The average Bonchev–Trinajstić information content (AvgIpc) is 2.97. The molecule has 2 fully saturated rings. The lowest BCUT2D eigenvalue weighted by Crippen LogP contribution is -2.63. The Bertz CT molecular complexity index is 571. The maximum Gasteiger partial charge on any atom is 0.262 e. The van der Waals surface area contributed by atoms with Gasteiger partial charge in [-0.2, -0.15) is 0 Å². The third kappa shape index (κ3) is 2.36. The van der Waals surface area contributed by atoms with Crippen molar-refractivity contribution in [2.75, 3.05) is 14.2 Å². The molecule has 21 heavy (non-hydrogen) atoms. The van der Waals surface area contributed by atoms with E-state index in [0.717, 1.165) is 5.56 Å². The Morgan fingerprint density at radius 1 is 1.24 bits per heavy atom. The first kappa shape index (κ1) is 13.9. The molecule has 2 atom stereocenters. The Labute approximate surface area is 127 Å². The van der Waals surface area contributed by atoms with E-state index in [2.05, 4.69) is 16.3 Å². The molecule has 0 spiro atoms. The van der Waals surface area contributed by atoms with Crippen molar-refractivity contribution >= 4 is 23.2 Å². The van der Waals surface area contributed by atoms with Crippen LogP contribution in [0.15, 0.2) is 18.2 Å². The summed E-state index contributed by atoms with van der Waals surface area (Å²) < 4.78 is 10.5. The Kier molecular flexibility index (Phi) is 3.56. The largest absolute Gasteiger partial charge is 0.493 e. The Morgan fingerprint density at radius 3 is 2.67 bits per heavy atom. The maximum absolute atomic E-state index is 11.9. The van der Waals surface area contributed by atoms with Gasteiger partial charge in [-0.05, 0) is 36.3 Å². The van der Waals surface area contributed by atoms with Crippen LogP contribution in [0.4, 0.5) is 0 Å². The van der Waals surface area contributed by atoms with Crippen molar-refractivity contribution in [2.24, 2.45) is 0 Å². The minimum atomic E-state index is -0.308. The van der Waals surface area contributed by atoms with E-state index >= 15 is 0 Å². The molecular formula is C13H16N4O3S. The first-order chi connectivity index (χ1) is 10.1. The van der Waals surface area contributed by atoms with Gasteiger partial charge in [0.05, 0.1) is 20.3 Å². The highest BCUT2D eigenvalue weighted by Crippen LogP contribution is 2.34. The lowest BCUT2D eigenvalue weighted by Gasteiger charge is -2.31. The molecule has 3 rings (SSSR count). The molecule has 7 nitrogen and oxygen atoms in total. The van der Waals surface area contributed by atoms with Gasteiger partial charge in [0.25, 0.3) is 5.91 Å². The van der Waals surface area contributed by atoms with Gasteiger partial charge in [0, 0.05) is 0 Å². The number of fused-ring (bicyclic) bond motifs is 1. The van der Waals surface area contributed by atoms with Gasteiger partial charge in [0.2, 0.25) is 5.11 Å². The molecule has 2 saturated heterocycles. The summed E-state index contributed by atoms with van der Waals surface area (Å²) in [4.78, 5) is 11.9. The molecule has 3 N–H and O–H groups in total. The zero-order valence-corrected chi connectivity index (χ0v) is 12.5. The lowest BCUT2D eigenvalue weighted by atomic mass is 10.0. The molecule has 2 unspecified atom stereocenters. The zero-order valence-electron chi connectivity index (χ0n) is 11.7. The molecule has 0 aromatic heterocycles. The second-order valence-corrected chi connectivity index (χ2v) is 5.22. The molecule has 112 valence electrons. The highest BCUT2D eigenvalue weighted by molar-refractivity contribution is 7.80.